The van der Waals surface area contributed by atoms with E-state index in [-0.39, 0.29) is 35.9 Å². The number of nitrogens with zero attached hydrogens (tertiary/aromatic N) is 1. The van der Waals surface area contributed by atoms with Crippen molar-refractivity contribution >= 4 is 27.6 Å². The molecule has 0 spiro atoms. The number of hydrogen-bond acceptors (Lipinski definition) is 5. The molecule has 0 atom stereocenters. The smallest absolute Gasteiger partial charge is 0.340 e. The highest BCUT2D eigenvalue weighted by Gasteiger charge is 2.20. The molecule has 0 unspecified atom stereocenters. The number of sulfonamides is 1. The van der Waals surface area contributed by atoms with E-state index in [2.05, 4.69) is 5.32 Å². The van der Waals surface area contributed by atoms with Gasteiger partial charge in [-0.25, -0.2) is 17.5 Å². The van der Waals surface area contributed by atoms with Crippen LogP contribution in [0.4, 0.5) is 5.69 Å². The number of hydrogen-bond donors (Lipinski definition) is 1. The highest BCUT2D eigenvalue weighted by molar-refractivity contribution is 7.89. The second-order valence-electron chi connectivity index (χ2n) is 6.06. The van der Waals surface area contributed by atoms with Gasteiger partial charge in [0.2, 0.25) is 15.9 Å². The largest absolute Gasteiger partial charge is 0.462 e. The Morgan fingerprint density at radius 3 is 2.36 bits per heavy atom. The summed E-state index contributed by atoms with van der Waals surface area (Å²) >= 11 is 0. The van der Waals surface area contributed by atoms with Gasteiger partial charge in [0.25, 0.3) is 0 Å². The van der Waals surface area contributed by atoms with E-state index in [0.717, 1.165) is 0 Å². The summed E-state index contributed by atoms with van der Waals surface area (Å²) in [4.78, 5) is 24.4. The normalized spacial score (nSPS) is 11.2. The van der Waals surface area contributed by atoms with Crippen molar-refractivity contribution in [3.8, 4) is 0 Å². The van der Waals surface area contributed by atoms with E-state index < -0.39 is 16.0 Å². The monoisotopic (exact) mass is 404 g/mol. The van der Waals surface area contributed by atoms with Crippen molar-refractivity contribution in [2.45, 2.75) is 24.7 Å². The van der Waals surface area contributed by atoms with Crippen LogP contribution in [0.5, 0.6) is 0 Å². The Morgan fingerprint density at radius 2 is 1.68 bits per heavy atom. The number of para-hydroxylation sites is 1. The van der Waals surface area contributed by atoms with Crippen LogP contribution in [-0.4, -0.2) is 44.8 Å². The molecule has 1 N–H and O–H groups in total. The second-order valence-corrected chi connectivity index (χ2v) is 8.10. The fourth-order valence-corrected chi connectivity index (χ4v) is 3.78. The second kappa shape index (κ2) is 10.0. The third-order valence-corrected chi connectivity index (χ3v) is 5.90. The molecule has 2 aromatic rings. The van der Waals surface area contributed by atoms with E-state index in [9.17, 15) is 18.0 Å². The number of rotatable bonds is 9. The standard InChI is InChI=1S/C20H24N2O5S/c1-3-27-20(24)17-12-7-8-13-18(17)21-19(23)14-9-15-22(2)28(25,26)16-10-5-4-6-11-16/h4-8,10-13H,3,9,14-15H2,1-2H3,(H,21,23). The molecule has 7 nitrogen and oxygen atoms in total. The number of esters is 1. The lowest BCUT2D eigenvalue weighted by Crippen LogP contribution is -2.28. The van der Waals surface area contributed by atoms with Gasteiger partial charge in [0.05, 0.1) is 22.8 Å². The molecule has 0 saturated heterocycles. The molecular weight excluding hydrogens is 380 g/mol. The Kier molecular flexibility index (Phi) is 7.71. The first-order chi connectivity index (χ1) is 13.4. The molecule has 0 saturated carbocycles. The van der Waals surface area contributed by atoms with Gasteiger partial charge in [-0.2, -0.15) is 0 Å². The zero-order valence-electron chi connectivity index (χ0n) is 15.9. The van der Waals surface area contributed by atoms with Crippen LogP contribution in [0.1, 0.15) is 30.1 Å². The number of carbonyl (C=O) groups excluding carboxylic acids is 2. The highest BCUT2D eigenvalue weighted by atomic mass is 32.2. The van der Waals surface area contributed by atoms with Gasteiger partial charge in [0, 0.05) is 20.0 Å². The lowest BCUT2D eigenvalue weighted by molar-refractivity contribution is -0.116. The van der Waals surface area contributed by atoms with Crippen molar-refractivity contribution in [3.05, 3.63) is 60.2 Å². The number of anilines is 1. The van der Waals surface area contributed by atoms with Crippen LogP contribution in [0.15, 0.2) is 59.5 Å². The summed E-state index contributed by atoms with van der Waals surface area (Å²) < 4.78 is 31.1. The van der Waals surface area contributed by atoms with Crippen LogP contribution >= 0.6 is 0 Å². The van der Waals surface area contributed by atoms with Gasteiger partial charge < -0.3 is 10.1 Å². The van der Waals surface area contributed by atoms with E-state index in [0.29, 0.717) is 12.1 Å². The first-order valence-electron chi connectivity index (χ1n) is 8.93. The zero-order valence-corrected chi connectivity index (χ0v) is 16.7. The van der Waals surface area contributed by atoms with E-state index in [1.165, 1.54) is 23.5 Å². The quantitative estimate of drug-likeness (QED) is 0.649. The average molecular weight is 404 g/mol. The molecule has 2 aromatic carbocycles. The number of nitrogens with one attached hydrogen (secondary N) is 1. The lowest BCUT2D eigenvalue weighted by atomic mass is 10.1. The molecule has 0 heterocycles. The molecule has 150 valence electrons. The highest BCUT2D eigenvalue weighted by Crippen LogP contribution is 2.17. The van der Waals surface area contributed by atoms with Crippen LogP contribution in [0, 0.1) is 0 Å². The van der Waals surface area contributed by atoms with E-state index >= 15 is 0 Å². The molecule has 2 rings (SSSR count). The summed E-state index contributed by atoms with van der Waals surface area (Å²) in [7, 11) is -2.10. The van der Waals surface area contributed by atoms with Crippen LogP contribution < -0.4 is 5.32 Å². The van der Waals surface area contributed by atoms with Crippen LogP contribution in [0.2, 0.25) is 0 Å². The molecule has 28 heavy (non-hydrogen) atoms. The molecule has 0 fully saturated rings. The van der Waals surface area contributed by atoms with E-state index in [1.54, 1.807) is 49.4 Å². The molecule has 1 amide bonds. The van der Waals surface area contributed by atoms with Crippen molar-refractivity contribution in [1.82, 2.24) is 4.31 Å². The van der Waals surface area contributed by atoms with Crippen LogP contribution in [0.3, 0.4) is 0 Å². The molecule has 0 aliphatic carbocycles. The topological polar surface area (TPSA) is 92.8 Å². The average Bonchev–Trinajstić information content (AvgIpc) is 2.69. The number of benzene rings is 2. The molecule has 0 radical (unpaired) electrons. The Bertz CT molecular complexity index is 913. The molecule has 0 aromatic heterocycles. The Balaban J connectivity index is 1.91. The lowest BCUT2D eigenvalue weighted by Gasteiger charge is -2.17. The third kappa shape index (κ3) is 5.64. The Morgan fingerprint density at radius 1 is 1.04 bits per heavy atom. The summed E-state index contributed by atoms with van der Waals surface area (Å²) in [6.07, 6.45) is 0.460. The maximum absolute atomic E-state index is 12.5. The van der Waals surface area contributed by atoms with Crippen molar-refractivity contribution in [3.63, 3.8) is 0 Å². The van der Waals surface area contributed by atoms with Crippen LogP contribution in [-0.2, 0) is 19.6 Å². The fraction of sp³-hybridized carbons (Fsp3) is 0.300. The predicted octanol–water partition coefficient (Wildman–Crippen LogP) is 2.90. The zero-order chi connectivity index (χ0) is 20.6. The van der Waals surface area contributed by atoms with Crippen LogP contribution in [0.25, 0.3) is 0 Å². The molecule has 0 aliphatic rings. The summed E-state index contributed by atoms with van der Waals surface area (Å²) in [6, 6.07) is 14.7. The van der Waals surface area contributed by atoms with Gasteiger partial charge in [0.15, 0.2) is 0 Å². The van der Waals surface area contributed by atoms with Gasteiger partial charge >= 0.3 is 5.97 Å². The van der Waals surface area contributed by atoms with Crippen molar-refractivity contribution in [2.24, 2.45) is 0 Å². The summed E-state index contributed by atoms with van der Waals surface area (Å²) in [5, 5.41) is 2.69. The third-order valence-electron chi connectivity index (χ3n) is 4.02. The summed E-state index contributed by atoms with van der Waals surface area (Å²) in [5.74, 6) is -0.811. The fourth-order valence-electron chi connectivity index (χ4n) is 2.55. The van der Waals surface area contributed by atoms with Gasteiger partial charge in [-0.15, -0.1) is 0 Å². The first kappa shape index (κ1) is 21.6. The molecule has 0 bridgehead atoms. The van der Waals surface area contributed by atoms with E-state index in [4.69, 9.17) is 4.74 Å². The van der Waals surface area contributed by atoms with E-state index in [1.807, 2.05) is 0 Å². The van der Waals surface area contributed by atoms with Gasteiger partial charge in [-0.3, -0.25) is 4.79 Å². The van der Waals surface area contributed by atoms with Gasteiger partial charge in [0.1, 0.15) is 0 Å². The van der Waals surface area contributed by atoms with Crippen molar-refractivity contribution in [1.29, 1.82) is 0 Å². The van der Waals surface area contributed by atoms with Crippen molar-refractivity contribution in [2.75, 3.05) is 25.5 Å². The SMILES string of the molecule is CCOC(=O)c1ccccc1NC(=O)CCCN(C)S(=O)(=O)c1ccccc1. The summed E-state index contributed by atoms with van der Waals surface area (Å²) in [5.41, 5.74) is 0.651. The first-order valence-corrected chi connectivity index (χ1v) is 10.4. The van der Waals surface area contributed by atoms with Crippen molar-refractivity contribution < 1.29 is 22.7 Å². The maximum Gasteiger partial charge on any atom is 0.340 e. The number of carbonyl (C=O) groups is 2. The minimum absolute atomic E-state index is 0.117. The number of ether oxygens (including phenoxy) is 1. The molecule has 8 heteroatoms. The minimum Gasteiger partial charge on any atom is -0.462 e. The Hall–Kier alpha value is -2.71. The maximum atomic E-state index is 12.5. The molecule has 0 aliphatic heterocycles. The Labute approximate surface area is 165 Å². The summed E-state index contributed by atoms with van der Waals surface area (Å²) in [6.45, 7) is 2.15. The van der Waals surface area contributed by atoms with Gasteiger partial charge in [-0.05, 0) is 37.6 Å². The predicted molar refractivity (Wildman–Crippen MR) is 107 cm³/mol. The minimum atomic E-state index is -3.58. The molecular formula is C20H24N2O5S. The van der Waals surface area contributed by atoms with Gasteiger partial charge in [-0.1, -0.05) is 30.3 Å². The number of amides is 1.